The lowest BCUT2D eigenvalue weighted by molar-refractivity contribution is -0.138. The van der Waals surface area contributed by atoms with Crippen molar-refractivity contribution in [3.63, 3.8) is 0 Å². The van der Waals surface area contributed by atoms with Crippen LogP contribution in [-0.4, -0.2) is 0 Å². The van der Waals surface area contributed by atoms with Gasteiger partial charge in [0, 0.05) is 0 Å². The molecule has 3 heteroatoms. The molecule has 0 nitrogen and oxygen atoms in total. The van der Waals surface area contributed by atoms with E-state index in [1.807, 2.05) is 19.1 Å². The molecule has 0 radical (unpaired) electrons. The van der Waals surface area contributed by atoms with Crippen molar-refractivity contribution in [2.24, 2.45) is 0 Å². The van der Waals surface area contributed by atoms with E-state index in [0.29, 0.717) is 18.4 Å². The van der Waals surface area contributed by atoms with Crippen molar-refractivity contribution < 1.29 is 13.2 Å². The third-order valence-electron chi connectivity index (χ3n) is 2.31. The Kier molecular flexibility index (Phi) is 4.59. The van der Waals surface area contributed by atoms with Crippen LogP contribution in [-0.2, 0) is 12.6 Å². The topological polar surface area (TPSA) is 0 Å². The molecule has 0 spiro atoms. The molecule has 16 heavy (non-hydrogen) atoms. The van der Waals surface area contributed by atoms with E-state index in [1.54, 1.807) is 12.1 Å². The van der Waals surface area contributed by atoms with Crippen molar-refractivity contribution >= 4 is 0 Å². The van der Waals surface area contributed by atoms with E-state index in [-0.39, 0.29) is 0 Å². The van der Waals surface area contributed by atoms with Crippen molar-refractivity contribution in [2.75, 3.05) is 0 Å². The molecule has 0 saturated carbocycles. The van der Waals surface area contributed by atoms with E-state index < -0.39 is 11.7 Å². The van der Waals surface area contributed by atoms with Gasteiger partial charge in [0.1, 0.15) is 0 Å². The predicted octanol–water partition coefficient (Wildman–Crippen LogP) is 4.60. The summed E-state index contributed by atoms with van der Waals surface area (Å²) in [7, 11) is 0. The highest BCUT2D eigenvalue weighted by Crippen LogP contribution is 2.32. The lowest BCUT2D eigenvalue weighted by Crippen LogP contribution is -2.08. The summed E-state index contributed by atoms with van der Waals surface area (Å²) in [4.78, 5) is 0. The van der Waals surface area contributed by atoms with Gasteiger partial charge < -0.3 is 0 Å². The Labute approximate surface area is 93.8 Å². The summed E-state index contributed by atoms with van der Waals surface area (Å²) in [6.07, 6.45) is 1.66. The zero-order valence-electron chi connectivity index (χ0n) is 9.22. The Hall–Kier alpha value is -1.25. The van der Waals surface area contributed by atoms with Crippen LogP contribution in [0.2, 0.25) is 0 Å². The number of benzene rings is 1. The zero-order valence-corrected chi connectivity index (χ0v) is 9.22. The van der Waals surface area contributed by atoms with E-state index in [9.17, 15) is 13.2 Å². The number of halogens is 3. The van der Waals surface area contributed by atoms with Crippen LogP contribution in [0, 0.1) is 0 Å². The van der Waals surface area contributed by atoms with Crippen LogP contribution in [0.15, 0.2) is 36.4 Å². The molecule has 0 bridgehead atoms. The van der Waals surface area contributed by atoms with Crippen LogP contribution in [0.3, 0.4) is 0 Å². The van der Waals surface area contributed by atoms with Gasteiger partial charge in [0.15, 0.2) is 0 Å². The van der Waals surface area contributed by atoms with Crippen molar-refractivity contribution in [1.29, 1.82) is 0 Å². The summed E-state index contributed by atoms with van der Waals surface area (Å²) in [6, 6.07) is 5.75. The first-order valence-electron chi connectivity index (χ1n) is 5.35. The second-order valence-electron chi connectivity index (χ2n) is 3.57. The van der Waals surface area contributed by atoms with Crippen LogP contribution in [0.1, 0.15) is 30.9 Å². The molecule has 1 aromatic rings. The van der Waals surface area contributed by atoms with E-state index in [1.165, 1.54) is 6.07 Å². The van der Waals surface area contributed by atoms with Crippen molar-refractivity contribution in [2.45, 2.75) is 32.4 Å². The molecular formula is C13H15F3. The third-order valence-corrected chi connectivity index (χ3v) is 2.31. The Morgan fingerprint density at radius 2 is 1.81 bits per heavy atom. The summed E-state index contributed by atoms with van der Waals surface area (Å²) in [5.74, 6) is 0. The Balaban J connectivity index is 2.76. The molecule has 0 atom stereocenters. The number of rotatable bonds is 4. The highest BCUT2D eigenvalue weighted by molar-refractivity contribution is 5.29. The second kappa shape index (κ2) is 5.73. The first-order chi connectivity index (χ1) is 7.55. The third kappa shape index (κ3) is 3.72. The first kappa shape index (κ1) is 12.8. The lowest BCUT2D eigenvalue weighted by atomic mass is 10.0. The molecule has 1 rings (SSSR count). The summed E-state index contributed by atoms with van der Waals surface area (Å²) in [5, 5.41) is 0. The van der Waals surface area contributed by atoms with Crippen molar-refractivity contribution in [3.05, 3.63) is 47.5 Å². The molecule has 88 valence electrons. The minimum atomic E-state index is -4.24. The fourth-order valence-electron chi connectivity index (χ4n) is 1.54. The number of aryl methyl sites for hydroxylation is 1. The molecule has 1 aromatic carbocycles. The van der Waals surface area contributed by atoms with E-state index in [0.717, 1.165) is 12.5 Å². The fourth-order valence-corrected chi connectivity index (χ4v) is 1.54. The van der Waals surface area contributed by atoms with Crippen LogP contribution in [0.4, 0.5) is 13.2 Å². The van der Waals surface area contributed by atoms with Gasteiger partial charge in [-0.2, -0.15) is 13.2 Å². The number of hydrogen-bond donors (Lipinski definition) is 0. The molecule has 0 aliphatic carbocycles. The van der Waals surface area contributed by atoms with E-state index >= 15 is 0 Å². The highest BCUT2D eigenvalue weighted by atomic mass is 19.4. The lowest BCUT2D eigenvalue weighted by Gasteiger charge is -2.11. The first-order valence-corrected chi connectivity index (χ1v) is 5.35. The summed E-state index contributed by atoms with van der Waals surface area (Å²) in [6.45, 7) is 2.00. The summed E-state index contributed by atoms with van der Waals surface area (Å²) >= 11 is 0. The number of alkyl halides is 3. The minimum absolute atomic E-state index is 0.371. The summed E-state index contributed by atoms with van der Waals surface area (Å²) < 4.78 is 37.8. The Morgan fingerprint density at radius 3 is 2.44 bits per heavy atom. The molecule has 0 saturated heterocycles. The van der Waals surface area contributed by atoms with Gasteiger partial charge in [0.05, 0.1) is 5.56 Å². The van der Waals surface area contributed by atoms with Gasteiger partial charge in [-0.15, -0.1) is 0 Å². The monoisotopic (exact) mass is 228 g/mol. The number of allylic oxidation sites excluding steroid dienone is 2. The maximum Gasteiger partial charge on any atom is 0.416 e. The van der Waals surface area contributed by atoms with E-state index in [2.05, 4.69) is 0 Å². The molecule has 0 aromatic heterocycles. The van der Waals surface area contributed by atoms with E-state index in [4.69, 9.17) is 0 Å². The number of hydrogen-bond acceptors (Lipinski definition) is 0. The molecule has 0 aliphatic rings. The summed E-state index contributed by atoms with van der Waals surface area (Å²) in [5.41, 5.74) is -0.143. The van der Waals surface area contributed by atoms with Crippen molar-refractivity contribution in [1.82, 2.24) is 0 Å². The molecule has 0 amide bonds. The van der Waals surface area contributed by atoms with Gasteiger partial charge in [-0.05, 0) is 30.9 Å². The highest BCUT2D eigenvalue weighted by Gasteiger charge is 2.32. The smallest absolute Gasteiger partial charge is 0.166 e. The molecule has 0 aliphatic heterocycles. The predicted molar refractivity (Wildman–Crippen MR) is 59.2 cm³/mol. The minimum Gasteiger partial charge on any atom is -0.166 e. The quantitative estimate of drug-likeness (QED) is 0.660. The Morgan fingerprint density at radius 1 is 1.12 bits per heavy atom. The van der Waals surface area contributed by atoms with Crippen LogP contribution in [0.25, 0.3) is 0 Å². The van der Waals surface area contributed by atoms with Crippen LogP contribution >= 0.6 is 0 Å². The maximum atomic E-state index is 12.6. The molecule has 0 fully saturated rings. The van der Waals surface area contributed by atoms with Gasteiger partial charge >= 0.3 is 6.18 Å². The van der Waals surface area contributed by atoms with Crippen molar-refractivity contribution in [3.8, 4) is 0 Å². The maximum absolute atomic E-state index is 12.6. The average molecular weight is 228 g/mol. The van der Waals surface area contributed by atoms with Gasteiger partial charge in [0.25, 0.3) is 0 Å². The normalized spacial score (nSPS) is 12.2. The Bertz CT molecular complexity index is 350. The van der Waals surface area contributed by atoms with Crippen LogP contribution in [0.5, 0.6) is 0 Å². The van der Waals surface area contributed by atoms with Gasteiger partial charge in [-0.3, -0.25) is 0 Å². The van der Waals surface area contributed by atoms with Crippen LogP contribution < -0.4 is 0 Å². The molecule has 0 N–H and O–H groups in total. The van der Waals surface area contributed by atoms with Gasteiger partial charge in [-0.25, -0.2) is 0 Å². The largest absolute Gasteiger partial charge is 0.416 e. The molecule has 0 unspecified atom stereocenters. The standard InChI is InChI=1S/C13H15F3/c1-2-3-4-5-8-11-9-6-7-10-12(11)13(14,15)16/h3-4,6-7,9-10H,2,5,8H2,1H3. The second-order valence-corrected chi connectivity index (χ2v) is 3.57. The SMILES string of the molecule is CCC=CCCc1ccccc1C(F)(F)F. The van der Waals surface area contributed by atoms with Gasteiger partial charge in [0.2, 0.25) is 0 Å². The van der Waals surface area contributed by atoms with Gasteiger partial charge in [-0.1, -0.05) is 37.3 Å². The molecule has 0 heterocycles. The fraction of sp³-hybridized carbons (Fsp3) is 0.385. The zero-order chi connectivity index (χ0) is 12.0. The average Bonchev–Trinajstić information content (AvgIpc) is 2.24. The molecular weight excluding hydrogens is 213 g/mol.